The van der Waals surface area contributed by atoms with E-state index in [4.69, 9.17) is 4.74 Å². The Labute approximate surface area is 83.8 Å². The van der Waals surface area contributed by atoms with Crippen molar-refractivity contribution in [1.82, 2.24) is 0 Å². The SMILES string of the molecule is CC1(C)CC(=O)C2CC(=O)OC2(C)C1. The molecule has 0 radical (unpaired) electrons. The quantitative estimate of drug-likeness (QED) is 0.554. The van der Waals surface area contributed by atoms with Crippen LogP contribution in [0.1, 0.15) is 40.0 Å². The minimum absolute atomic E-state index is 0.0348. The predicted octanol–water partition coefficient (Wildman–Crippen LogP) is 1.70. The van der Waals surface area contributed by atoms with E-state index in [2.05, 4.69) is 13.8 Å². The fourth-order valence-corrected chi connectivity index (χ4v) is 2.98. The molecule has 3 heteroatoms. The van der Waals surface area contributed by atoms with E-state index in [1.807, 2.05) is 6.92 Å². The number of hydrogen-bond donors (Lipinski definition) is 0. The van der Waals surface area contributed by atoms with Gasteiger partial charge in [0.05, 0.1) is 12.3 Å². The van der Waals surface area contributed by atoms with Gasteiger partial charge in [-0.15, -0.1) is 0 Å². The number of ketones is 1. The number of esters is 1. The van der Waals surface area contributed by atoms with Crippen molar-refractivity contribution in [3.63, 3.8) is 0 Å². The van der Waals surface area contributed by atoms with Crippen LogP contribution in [0, 0.1) is 11.3 Å². The monoisotopic (exact) mass is 196 g/mol. The van der Waals surface area contributed by atoms with Crippen molar-refractivity contribution >= 4 is 11.8 Å². The normalized spacial score (nSPS) is 40.6. The third-order valence-electron chi connectivity index (χ3n) is 3.33. The Hall–Kier alpha value is -0.860. The molecule has 2 fully saturated rings. The van der Waals surface area contributed by atoms with Crippen molar-refractivity contribution in [1.29, 1.82) is 0 Å². The Morgan fingerprint density at radius 1 is 1.29 bits per heavy atom. The second-order valence-electron chi connectivity index (χ2n) is 5.53. The van der Waals surface area contributed by atoms with Gasteiger partial charge in [0.25, 0.3) is 0 Å². The third kappa shape index (κ3) is 1.35. The topological polar surface area (TPSA) is 43.4 Å². The number of Topliss-reactive ketones (excluding diaryl/α,β-unsaturated/α-hetero) is 1. The maximum atomic E-state index is 11.8. The van der Waals surface area contributed by atoms with Crippen LogP contribution in [-0.2, 0) is 14.3 Å². The van der Waals surface area contributed by atoms with Crippen molar-refractivity contribution in [2.24, 2.45) is 11.3 Å². The third-order valence-corrected chi connectivity index (χ3v) is 3.33. The Morgan fingerprint density at radius 3 is 2.57 bits per heavy atom. The number of ether oxygens (including phenoxy) is 1. The first-order valence-corrected chi connectivity index (χ1v) is 5.07. The standard InChI is InChI=1S/C11H16O3/c1-10(2)5-8(12)7-4-9(13)14-11(7,3)6-10/h7H,4-6H2,1-3H3. The van der Waals surface area contributed by atoms with E-state index in [9.17, 15) is 9.59 Å². The molecule has 2 rings (SSSR count). The fourth-order valence-electron chi connectivity index (χ4n) is 2.98. The molecule has 0 amide bonds. The molecule has 1 heterocycles. The van der Waals surface area contributed by atoms with Gasteiger partial charge in [0, 0.05) is 6.42 Å². The van der Waals surface area contributed by atoms with Gasteiger partial charge < -0.3 is 4.74 Å². The first kappa shape index (κ1) is 9.69. The zero-order valence-electron chi connectivity index (χ0n) is 8.92. The summed E-state index contributed by atoms with van der Waals surface area (Å²) in [6.45, 7) is 6.00. The molecule has 0 aromatic rings. The maximum Gasteiger partial charge on any atom is 0.307 e. The molecule has 1 aliphatic heterocycles. The second kappa shape index (κ2) is 2.59. The molecular formula is C11H16O3. The maximum absolute atomic E-state index is 11.8. The van der Waals surface area contributed by atoms with Gasteiger partial charge in [-0.25, -0.2) is 0 Å². The van der Waals surface area contributed by atoms with Gasteiger partial charge in [-0.2, -0.15) is 0 Å². The Balaban J connectivity index is 2.32. The van der Waals surface area contributed by atoms with Crippen molar-refractivity contribution in [3.8, 4) is 0 Å². The highest BCUT2D eigenvalue weighted by Crippen LogP contribution is 2.48. The molecule has 14 heavy (non-hydrogen) atoms. The minimum Gasteiger partial charge on any atom is -0.459 e. The smallest absolute Gasteiger partial charge is 0.307 e. The molecule has 0 N–H and O–H groups in total. The highest BCUT2D eigenvalue weighted by molar-refractivity contribution is 5.90. The molecule has 1 saturated heterocycles. The molecule has 2 atom stereocenters. The van der Waals surface area contributed by atoms with E-state index in [-0.39, 0.29) is 29.5 Å². The second-order valence-corrected chi connectivity index (χ2v) is 5.53. The molecule has 2 aliphatic rings. The number of hydrogen-bond acceptors (Lipinski definition) is 3. The van der Waals surface area contributed by atoms with E-state index in [1.165, 1.54) is 0 Å². The van der Waals surface area contributed by atoms with Crippen LogP contribution in [-0.4, -0.2) is 17.4 Å². The summed E-state index contributed by atoms with van der Waals surface area (Å²) in [6.07, 6.45) is 1.65. The van der Waals surface area contributed by atoms with Crippen LogP contribution in [0.2, 0.25) is 0 Å². The van der Waals surface area contributed by atoms with Gasteiger partial charge in [0.15, 0.2) is 0 Å². The number of carbonyl (C=O) groups is 2. The molecule has 1 saturated carbocycles. The Morgan fingerprint density at radius 2 is 1.93 bits per heavy atom. The lowest BCUT2D eigenvalue weighted by Gasteiger charge is -2.41. The summed E-state index contributed by atoms with van der Waals surface area (Å²) in [5.41, 5.74) is -0.567. The van der Waals surface area contributed by atoms with Crippen LogP contribution in [0.5, 0.6) is 0 Å². The van der Waals surface area contributed by atoms with Gasteiger partial charge in [0.1, 0.15) is 11.4 Å². The molecule has 2 unspecified atom stereocenters. The average Bonchev–Trinajstić information content (AvgIpc) is 2.21. The van der Waals surface area contributed by atoms with E-state index < -0.39 is 5.60 Å². The van der Waals surface area contributed by atoms with Gasteiger partial charge in [0.2, 0.25) is 0 Å². The molecule has 0 spiro atoms. The lowest BCUT2D eigenvalue weighted by molar-refractivity contribution is -0.155. The Kier molecular flexibility index (Phi) is 1.79. The predicted molar refractivity (Wildman–Crippen MR) is 50.6 cm³/mol. The van der Waals surface area contributed by atoms with E-state index in [0.717, 1.165) is 6.42 Å². The van der Waals surface area contributed by atoms with Crippen molar-refractivity contribution in [3.05, 3.63) is 0 Å². The van der Waals surface area contributed by atoms with Crippen LogP contribution >= 0.6 is 0 Å². The van der Waals surface area contributed by atoms with Crippen LogP contribution in [0.3, 0.4) is 0 Å². The van der Waals surface area contributed by atoms with Gasteiger partial charge >= 0.3 is 5.97 Å². The summed E-state index contributed by atoms with van der Waals surface area (Å²) >= 11 is 0. The summed E-state index contributed by atoms with van der Waals surface area (Å²) in [5, 5.41) is 0. The number of rotatable bonds is 0. The van der Waals surface area contributed by atoms with Crippen molar-refractivity contribution < 1.29 is 14.3 Å². The highest BCUT2D eigenvalue weighted by atomic mass is 16.6. The number of fused-ring (bicyclic) bond motifs is 1. The summed E-state index contributed by atoms with van der Waals surface area (Å²) in [6, 6.07) is 0. The summed E-state index contributed by atoms with van der Waals surface area (Å²) in [4.78, 5) is 23.0. The lowest BCUT2D eigenvalue weighted by Crippen LogP contribution is -2.46. The average molecular weight is 196 g/mol. The molecule has 78 valence electrons. The molecule has 0 aromatic carbocycles. The summed E-state index contributed by atoms with van der Waals surface area (Å²) < 4.78 is 5.30. The Bertz CT molecular complexity index is 306. The molecule has 3 nitrogen and oxygen atoms in total. The molecule has 1 aliphatic carbocycles. The van der Waals surface area contributed by atoms with Crippen LogP contribution in [0.4, 0.5) is 0 Å². The van der Waals surface area contributed by atoms with Crippen LogP contribution < -0.4 is 0 Å². The lowest BCUT2D eigenvalue weighted by atomic mass is 9.65. The highest BCUT2D eigenvalue weighted by Gasteiger charge is 2.55. The summed E-state index contributed by atoms with van der Waals surface area (Å²) in [7, 11) is 0. The van der Waals surface area contributed by atoms with Gasteiger partial charge in [-0.1, -0.05) is 13.8 Å². The molecule has 0 aromatic heterocycles. The molecule has 0 bridgehead atoms. The molecular weight excluding hydrogens is 180 g/mol. The largest absolute Gasteiger partial charge is 0.459 e. The fraction of sp³-hybridized carbons (Fsp3) is 0.818. The number of carbonyl (C=O) groups excluding carboxylic acids is 2. The van der Waals surface area contributed by atoms with E-state index >= 15 is 0 Å². The van der Waals surface area contributed by atoms with Crippen molar-refractivity contribution in [2.75, 3.05) is 0 Å². The zero-order valence-corrected chi connectivity index (χ0v) is 8.92. The first-order valence-electron chi connectivity index (χ1n) is 5.07. The van der Waals surface area contributed by atoms with E-state index in [0.29, 0.717) is 6.42 Å². The van der Waals surface area contributed by atoms with Crippen LogP contribution in [0.15, 0.2) is 0 Å². The first-order chi connectivity index (χ1) is 6.32. The van der Waals surface area contributed by atoms with Crippen molar-refractivity contribution in [2.45, 2.75) is 45.6 Å². The van der Waals surface area contributed by atoms with Crippen LogP contribution in [0.25, 0.3) is 0 Å². The summed E-state index contributed by atoms with van der Waals surface area (Å²) in [5.74, 6) is -0.221. The van der Waals surface area contributed by atoms with Gasteiger partial charge in [-0.05, 0) is 18.8 Å². The zero-order chi connectivity index (χ0) is 10.6. The van der Waals surface area contributed by atoms with E-state index in [1.54, 1.807) is 0 Å². The minimum atomic E-state index is -0.532. The van der Waals surface area contributed by atoms with Gasteiger partial charge in [-0.3, -0.25) is 9.59 Å².